The molecule has 6 nitrogen and oxygen atoms in total. The standard InChI is InChI=1S/C31H26F4N2O4/c32-21-11-13-23(14-12-21)37(22-9-5-2-6-10-22)30(40)28-26(20-7-3-1-4-8-20)19-36(29(28)31(33,34)35)16-15-25-17-24(38)18-27(39)41-25/h1-14,19,24-25,38H,15-18H2. The fraction of sp³-hybridized carbons (Fsp3) is 0.226. The summed E-state index contributed by atoms with van der Waals surface area (Å²) < 4.78 is 64.5. The Labute approximate surface area is 233 Å². The molecule has 5 rings (SSSR count). The zero-order valence-electron chi connectivity index (χ0n) is 21.7. The van der Waals surface area contributed by atoms with Crippen molar-refractivity contribution in [3.05, 3.63) is 108 Å². The van der Waals surface area contributed by atoms with E-state index in [0.29, 0.717) is 11.3 Å². The Bertz CT molecular complexity index is 1520. The van der Waals surface area contributed by atoms with Crippen LogP contribution in [0.4, 0.5) is 28.9 Å². The highest BCUT2D eigenvalue weighted by Gasteiger charge is 2.43. The second-order valence-corrected chi connectivity index (χ2v) is 9.77. The smallest absolute Gasteiger partial charge is 0.432 e. The summed E-state index contributed by atoms with van der Waals surface area (Å²) in [6.07, 6.45) is -5.41. The summed E-state index contributed by atoms with van der Waals surface area (Å²) in [5.41, 5.74) is -0.791. The van der Waals surface area contributed by atoms with Crippen LogP contribution in [0.15, 0.2) is 91.1 Å². The van der Waals surface area contributed by atoms with Crippen LogP contribution in [-0.2, 0) is 22.3 Å². The number of benzene rings is 3. The molecule has 10 heteroatoms. The number of cyclic esters (lactones) is 1. The second-order valence-electron chi connectivity index (χ2n) is 9.77. The fourth-order valence-electron chi connectivity index (χ4n) is 5.07. The summed E-state index contributed by atoms with van der Waals surface area (Å²) in [6.45, 7) is -0.228. The van der Waals surface area contributed by atoms with Gasteiger partial charge in [-0.3, -0.25) is 14.5 Å². The Balaban J connectivity index is 1.65. The van der Waals surface area contributed by atoms with Gasteiger partial charge < -0.3 is 14.4 Å². The number of hydrogen-bond acceptors (Lipinski definition) is 4. The number of rotatable bonds is 7. The van der Waals surface area contributed by atoms with E-state index < -0.39 is 47.3 Å². The van der Waals surface area contributed by atoms with E-state index in [2.05, 4.69) is 0 Å². The molecule has 0 radical (unpaired) electrons. The van der Waals surface area contributed by atoms with Crippen LogP contribution in [0.25, 0.3) is 11.1 Å². The van der Waals surface area contributed by atoms with E-state index >= 15 is 0 Å². The monoisotopic (exact) mass is 566 g/mol. The summed E-state index contributed by atoms with van der Waals surface area (Å²) in [4.78, 5) is 27.2. The van der Waals surface area contributed by atoms with Crippen LogP contribution in [0, 0.1) is 5.82 Å². The highest BCUT2D eigenvalue weighted by Crippen LogP contribution is 2.41. The SMILES string of the molecule is O=C1CC(O)CC(CCn2cc(-c3ccccc3)c(C(=O)N(c3ccccc3)c3ccc(F)cc3)c2C(F)(F)F)O1. The molecule has 2 atom stereocenters. The van der Waals surface area contributed by atoms with Gasteiger partial charge in [0.2, 0.25) is 0 Å². The molecule has 2 heterocycles. The van der Waals surface area contributed by atoms with Crippen LogP contribution in [-0.4, -0.2) is 33.8 Å². The first-order valence-corrected chi connectivity index (χ1v) is 13.0. The number of aliphatic hydroxyl groups is 1. The first-order valence-electron chi connectivity index (χ1n) is 13.0. The third-order valence-electron chi connectivity index (χ3n) is 6.88. The van der Waals surface area contributed by atoms with Gasteiger partial charge >= 0.3 is 12.1 Å². The van der Waals surface area contributed by atoms with Crippen molar-refractivity contribution in [2.45, 2.75) is 44.2 Å². The minimum absolute atomic E-state index is 0.00276. The number of esters is 1. The summed E-state index contributed by atoms with van der Waals surface area (Å²) >= 11 is 0. The first-order chi connectivity index (χ1) is 19.6. The number of hydrogen-bond donors (Lipinski definition) is 1. The minimum atomic E-state index is -4.94. The Morgan fingerprint density at radius 2 is 1.56 bits per heavy atom. The molecule has 3 aromatic carbocycles. The van der Waals surface area contributed by atoms with E-state index in [9.17, 15) is 32.3 Å². The zero-order chi connectivity index (χ0) is 29.1. The van der Waals surface area contributed by atoms with Gasteiger partial charge in [-0.05, 0) is 42.0 Å². The molecule has 0 bridgehead atoms. The van der Waals surface area contributed by atoms with Crippen molar-refractivity contribution in [1.82, 2.24) is 4.57 Å². The lowest BCUT2D eigenvalue weighted by molar-refractivity contribution is -0.161. The Morgan fingerprint density at radius 1 is 0.951 bits per heavy atom. The van der Waals surface area contributed by atoms with Gasteiger partial charge in [0.05, 0.1) is 18.1 Å². The lowest BCUT2D eigenvalue weighted by Crippen LogP contribution is -2.33. The number of halogens is 4. The maximum absolute atomic E-state index is 14.8. The van der Waals surface area contributed by atoms with E-state index in [1.54, 1.807) is 60.7 Å². The molecule has 1 aliphatic heterocycles. The lowest BCUT2D eigenvalue weighted by atomic mass is 10.0. The number of alkyl halides is 3. The van der Waals surface area contributed by atoms with Gasteiger partial charge in [0.25, 0.3) is 5.91 Å². The van der Waals surface area contributed by atoms with E-state index in [4.69, 9.17) is 4.74 Å². The van der Waals surface area contributed by atoms with Crippen molar-refractivity contribution in [1.29, 1.82) is 0 Å². The number of anilines is 2. The minimum Gasteiger partial charge on any atom is -0.462 e. The molecule has 1 N–H and O–H groups in total. The van der Waals surface area contributed by atoms with E-state index in [1.807, 2.05) is 0 Å². The average Bonchev–Trinajstić information content (AvgIpc) is 3.34. The van der Waals surface area contributed by atoms with Crippen molar-refractivity contribution in [2.24, 2.45) is 0 Å². The molecule has 0 aliphatic carbocycles. The molecule has 4 aromatic rings. The maximum Gasteiger partial charge on any atom is 0.432 e. The normalized spacial score (nSPS) is 17.2. The molecular formula is C31H26F4N2O4. The third kappa shape index (κ3) is 6.17. The van der Waals surface area contributed by atoms with Crippen molar-refractivity contribution in [3.8, 4) is 11.1 Å². The van der Waals surface area contributed by atoms with Crippen LogP contribution in [0.2, 0.25) is 0 Å². The predicted octanol–water partition coefficient (Wildman–Crippen LogP) is 6.75. The van der Waals surface area contributed by atoms with Gasteiger partial charge in [-0.25, -0.2) is 4.39 Å². The molecule has 1 aromatic heterocycles. The van der Waals surface area contributed by atoms with Gasteiger partial charge in [-0.15, -0.1) is 0 Å². The van der Waals surface area contributed by atoms with Crippen LogP contribution in [0.3, 0.4) is 0 Å². The Hall–Kier alpha value is -4.44. The Kier molecular flexibility index (Phi) is 7.94. The van der Waals surface area contributed by atoms with E-state index in [-0.39, 0.29) is 37.1 Å². The van der Waals surface area contributed by atoms with Gasteiger partial charge in [0, 0.05) is 42.5 Å². The van der Waals surface area contributed by atoms with Gasteiger partial charge in [0.15, 0.2) is 0 Å². The number of aryl methyl sites for hydroxylation is 1. The highest BCUT2D eigenvalue weighted by molar-refractivity contribution is 6.15. The first kappa shape index (κ1) is 28.1. The molecule has 212 valence electrons. The van der Waals surface area contributed by atoms with Gasteiger partial charge in [-0.1, -0.05) is 48.5 Å². The topological polar surface area (TPSA) is 71.8 Å². The molecule has 0 saturated carbocycles. The second kappa shape index (κ2) is 11.6. The van der Waals surface area contributed by atoms with Crippen LogP contribution in [0.5, 0.6) is 0 Å². The number of nitrogens with zero attached hydrogens (tertiary/aromatic N) is 2. The molecular weight excluding hydrogens is 540 g/mol. The lowest BCUT2D eigenvalue weighted by Gasteiger charge is -2.26. The number of carbonyl (C=O) groups is 2. The molecule has 1 saturated heterocycles. The van der Waals surface area contributed by atoms with E-state index in [0.717, 1.165) is 21.6 Å². The molecule has 1 fully saturated rings. The summed E-state index contributed by atoms with van der Waals surface area (Å²) in [5.74, 6) is -2.13. The summed E-state index contributed by atoms with van der Waals surface area (Å²) in [6, 6.07) is 21.3. The van der Waals surface area contributed by atoms with Crippen molar-refractivity contribution >= 4 is 23.3 Å². The average molecular weight is 567 g/mol. The van der Waals surface area contributed by atoms with Gasteiger partial charge in [0.1, 0.15) is 17.6 Å². The number of para-hydroxylation sites is 1. The molecule has 1 amide bonds. The van der Waals surface area contributed by atoms with Crippen molar-refractivity contribution < 1.29 is 37.0 Å². The number of amides is 1. The van der Waals surface area contributed by atoms with Crippen molar-refractivity contribution in [3.63, 3.8) is 0 Å². The van der Waals surface area contributed by atoms with Gasteiger partial charge in [-0.2, -0.15) is 13.2 Å². The van der Waals surface area contributed by atoms with Crippen LogP contribution in [0.1, 0.15) is 35.3 Å². The van der Waals surface area contributed by atoms with E-state index in [1.165, 1.54) is 18.3 Å². The largest absolute Gasteiger partial charge is 0.462 e. The third-order valence-corrected chi connectivity index (χ3v) is 6.88. The quantitative estimate of drug-likeness (QED) is 0.199. The predicted molar refractivity (Wildman–Crippen MR) is 144 cm³/mol. The molecule has 1 aliphatic rings. The number of carbonyl (C=O) groups excluding carboxylic acids is 2. The Morgan fingerprint density at radius 3 is 2.17 bits per heavy atom. The van der Waals surface area contributed by atoms with Crippen LogP contribution < -0.4 is 4.90 Å². The summed E-state index contributed by atoms with van der Waals surface area (Å²) in [5, 5.41) is 9.93. The van der Waals surface area contributed by atoms with Crippen molar-refractivity contribution in [2.75, 3.05) is 4.90 Å². The number of ether oxygens (including phenoxy) is 1. The maximum atomic E-state index is 14.8. The number of aliphatic hydroxyl groups excluding tert-OH is 1. The highest BCUT2D eigenvalue weighted by atomic mass is 19.4. The van der Waals surface area contributed by atoms with Crippen LogP contribution >= 0.6 is 0 Å². The number of aromatic nitrogens is 1. The molecule has 0 spiro atoms. The summed E-state index contributed by atoms with van der Waals surface area (Å²) in [7, 11) is 0. The fourth-order valence-corrected chi connectivity index (χ4v) is 5.07. The molecule has 2 unspecified atom stereocenters. The molecule has 41 heavy (non-hydrogen) atoms. The zero-order valence-corrected chi connectivity index (χ0v) is 21.7.